The molecule has 0 aliphatic heterocycles. The molecule has 2 heterocycles. The smallest absolute Gasteiger partial charge is 0.129 e. The predicted molar refractivity (Wildman–Crippen MR) is 74.7 cm³/mol. The highest BCUT2D eigenvalue weighted by Crippen LogP contribution is 2.12. The minimum Gasteiger partial charge on any atom is -0.390 e. The Labute approximate surface area is 122 Å². The number of halogens is 1. The number of hydrogen-bond acceptors (Lipinski definition) is 5. The topological polar surface area (TPSA) is 73.1 Å². The van der Waals surface area contributed by atoms with Gasteiger partial charge in [-0.05, 0) is 18.6 Å². The fourth-order valence-electron chi connectivity index (χ4n) is 1.90. The molecule has 20 heavy (non-hydrogen) atoms. The van der Waals surface area contributed by atoms with Crippen molar-refractivity contribution in [2.75, 3.05) is 13.7 Å². The van der Waals surface area contributed by atoms with Crippen LogP contribution in [0.2, 0.25) is 5.15 Å². The minimum absolute atomic E-state index is 0.285. The van der Waals surface area contributed by atoms with Crippen molar-refractivity contribution < 1.29 is 9.84 Å². The van der Waals surface area contributed by atoms with Gasteiger partial charge in [-0.25, -0.2) is 9.67 Å². The van der Waals surface area contributed by atoms with E-state index in [2.05, 4.69) is 15.3 Å². The lowest BCUT2D eigenvalue weighted by molar-refractivity contribution is 0.0644. The molecular weight excluding hydrogens is 280 g/mol. The van der Waals surface area contributed by atoms with Gasteiger partial charge in [-0.1, -0.05) is 22.9 Å². The number of aromatic nitrogens is 4. The van der Waals surface area contributed by atoms with E-state index < -0.39 is 6.10 Å². The number of hydrogen-bond donors (Lipinski definition) is 1. The monoisotopic (exact) mass is 296 g/mol. The van der Waals surface area contributed by atoms with Crippen molar-refractivity contribution in [3.63, 3.8) is 0 Å². The molecule has 1 atom stereocenters. The number of rotatable bonds is 6. The second kappa shape index (κ2) is 6.78. The third kappa shape index (κ3) is 4.00. The van der Waals surface area contributed by atoms with Crippen LogP contribution in [0, 0.1) is 6.92 Å². The summed E-state index contributed by atoms with van der Waals surface area (Å²) in [6.45, 7) is 2.76. The zero-order valence-corrected chi connectivity index (χ0v) is 12.2. The molecule has 0 saturated carbocycles. The molecule has 0 saturated heterocycles. The van der Waals surface area contributed by atoms with Gasteiger partial charge in [-0.2, -0.15) is 0 Å². The van der Waals surface area contributed by atoms with Crippen LogP contribution in [0.3, 0.4) is 0 Å². The highest BCUT2D eigenvalue weighted by molar-refractivity contribution is 6.29. The Bertz CT molecular complexity index is 573. The van der Waals surface area contributed by atoms with E-state index in [4.69, 9.17) is 16.3 Å². The molecule has 0 radical (unpaired) electrons. The first-order chi connectivity index (χ1) is 9.58. The molecule has 0 fully saturated rings. The molecule has 0 bridgehead atoms. The average molecular weight is 297 g/mol. The SMILES string of the molecule is COC[C@H](O)Cc1cn(Cc2ccc(Cl)nc2C)nn1. The Morgan fingerprint density at radius 2 is 2.25 bits per heavy atom. The second-order valence-corrected chi connectivity index (χ2v) is 4.99. The quantitative estimate of drug-likeness (QED) is 0.812. The number of aryl methyl sites for hydroxylation is 1. The summed E-state index contributed by atoms with van der Waals surface area (Å²) in [6, 6.07) is 3.68. The van der Waals surface area contributed by atoms with Crippen LogP contribution in [0.25, 0.3) is 0 Å². The van der Waals surface area contributed by atoms with E-state index in [0.717, 1.165) is 17.0 Å². The first-order valence-electron chi connectivity index (χ1n) is 6.26. The van der Waals surface area contributed by atoms with Gasteiger partial charge in [0.2, 0.25) is 0 Å². The Morgan fingerprint density at radius 1 is 1.45 bits per heavy atom. The Hall–Kier alpha value is -1.50. The van der Waals surface area contributed by atoms with Crippen LogP contribution in [-0.2, 0) is 17.7 Å². The third-order valence-corrected chi connectivity index (χ3v) is 3.09. The lowest BCUT2D eigenvalue weighted by Crippen LogP contribution is -2.17. The average Bonchev–Trinajstić information content (AvgIpc) is 2.80. The largest absolute Gasteiger partial charge is 0.390 e. The third-order valence-electron chi connectivity index (χ3n) is 2.88. The molecule has 2 rings (SSSR count). The molecular formula is C13H17ClN4O2. The highest BCUT2D eigenvalue weighted by atomic mass is 35.5. The molecule has 0 aliphatic rings. The maximum absolute atomic E-state index is 9.65. The fourth-order valence-corrected chi connectivity index (χ4v) is 2.09. The standard InChI is InChI=1S/C13H17ClN4O2/c1-9-10(3-4-13(14)15-9)6-18-7-11(16-17-18)5-12(19)8-20-2/h3-4,7,12,19H,5-6,8H2,1-2H3/t12-/m1/s1. The maximum atomic E-state index is 9.65. The summed E-state index contributed by atoms with van der Waals surface area (Å²) in [4.78, 5) is 4.20. The number of ether oxygens (including phenoxy) is 1. The Morgan fingerprint density at radius 3 is 2.95 bits per heavy atom. The molecule has 1 N–H and O–H groups in total. The lowest BCUT2D eigenvalue weighted by Gasteiger charge is -2.06. The van der Waals surface area contributed by atoms with Crippen molar-refractivity contribution >= 4 is 11.6 Å². The van der Waals surface area contributed by atoms with Crippen molar-refractivity contribution in [3.05, 3.63) is 40.4 Å². The van der Waals surface area contributed by atoms with E-state index in [1.807, 2.05) is 19.2 Å². The van der Waals surface area contributed by atoms with E-state index in [9.17, 15) is 5.11 Å². The molecule has 0 aliphatic carbocycles. The minimum atomic E-state index is -0.566. The summed E-state index contributed by atoms with van der Waals surface area (Å²) in [5.74, 6) is 0. The van der Waals surface area contributed by atoms with Crippen LogP contribution in [0.5, 0.6) is 0 Å². The van der Waals surface area contributed by atoms with Crippen LogP contribution >= 0.6 is 11.6 Å². The van der Waals surface area contributed by atoms with Crippen LogP contribution < -0.4 is 0 Å². The van der Waals surface area contributed by atoms with Crippen LogP contribution in [-0.4, -0.2) is 44.9 Å². The second-order valence-electron chi connectivity index (χ2n) is 4.60. The summed E-state index contributed by atoms with van der Waals surface area (Å²) in [6.07, 6.45) is 1.67. The van der Waals surface area contributed by atoms with E-state index in [1.54, 1.807) is 17.9 Å². The normalized spacial score (nSPS) is 12.6. The summed E-state index contributed by atoms with van der Waals surface area (Å²) in [5, 5.41) is 18.2. The first-order valence-corrected chi connectivity index (χ1v) is 6.64. The molecule has 0 unspecified atom stereocenters. The fraction of sp³-hybridized carbons (Fsp3) is 0.462. The van der Waals surface area contributed by atoms with Crippen molar-refractivity contribution in [2.24, 2.45) is 0 Å². The zero-order valence-electron chi connectivity index (χ0n) is 11.5. The number of aliphatic hydroxyl groups excluding tert-OH is 1. The summed E-state index contributed by atoms with van der Waals surface area (Å²) >= 11 is 5.83. The van der Waals surface area contributed by atoms with E-state index in [-0.39, 0.29) is 6.61 Å². The number of aliphatic hydroxyl groups is 1. The van der Waals surface area contributed by atoms with Gasteiger partial charge in [0.1, 0.15) is 5.15 Å². The summed E-state index contributed by atoms with van der Waals surface area (Å²) in [5.41, 5.74) is 2.63. The Balaban J connectivity index is 2.02. The molecule has 6 nitrogen and oxygen atoms in total. The van der Waals surface area contributed by atoms with Gasteiger partial charge in [0.05, 0.1) is 24.9 Å². The molecule has 108 valence electrons. The van der Waals surface area contributed by atoms with Crippen molar-refractivity contribution in [1.82, 2.24) is 20.0 Å². The first kappa shape index (κ1) is 14.9. The van der Waals surface area contributed by atoms with E-state index in [0.29, 0.717) is 18.1 Å². The number of nitrogens with zero attached hydrogens (tertiary/aromatic N) is 4. The van der Waals surface area contributed by atoms with Crippen LogP contribution in [0.4, 0.5) is 0 Å². The van der Waals surface area contributed by atoms with Crippen molar-refractivity contribution in [3.8, 4) is 0 Å². The van der Waals surface area contributed by atoms with Crippen LogP contribution in [0.1, 0.15) is 17.0 Å². The summed E-state index contributed by atoms with van der Waals surface area (Å²) < 4.78 is 6.59. The van der Waals surface area contributed by atoms with E-state index >= 15 is 0 Å². The lowest BCUT2D eigenvalue weighted by atomic mass is 10.2. The van der Waals surface area contributed by atoms with Gasteiger partial charge >= 0.3 is 0 Å². The predicted octanol–water partition coefficient (Wildman–Crippen LogP) is 1.23. The highest BCUT2D eigenvalue weighted by Gasteiger charge is 2.09. The number of pyridine rings is 1. The Kier molecular flexibility index (Phi) is 5.05. The van der Waals surface area contributed by atoms with Gasteiger partial charge in [-0.15, -0.1) is 5.10 Å². The van der Waals surface area contributed by atoms with Gasteiger partial charge in [0.15, 0.2) is 0 Å². The van der Waals surface area contributed by atoms with Crippen molar-refractivity contribution in [1.29, 1.82) is 0 Å². The van der Waals surface area contributed by atoms with Gasteiger partial charge in [-0.3, -0.25) is 0 Å². The van der Waals surface area contributed by atoms with E-state index in [1.165, 1.54) is 0 Å². The van der Waals surface area contributed by atoms with Crippen LogP contribution in [0.15, 0.2) is 18.3 Å². The summed E-state index contributed by atoms with van der Waals surface area (Å²) in [7, 11) is 1.55. The van der Waals surface area contributed by atoms with Gasteiger partial charge in [0, 0.05) is 25.4 Å². The van der Waals surface area contributed by atoms with Crippen molar-refractivity contribution in [2.45, 2.75) is 26.0 Å². The molecule has 0 spiro atoms. The number of methoxy groups -OCH3 is 1. The maximum Gasteiger partial charge on any atom is 0.129 e. The molecule has 2 aromatic rings. The molecule has 2 aromatic heterocycles. The molecule has 7 heteroatoms. The van der Waals surface area contributed by atoms with Gasteiger partial charge < -0.3 is 9.84 Å². The zero-order chi connectivity index (χ0) is 14.5. The molecule has 0 amide bonds. The van der Waals surface area contributed by atoms with Gasteiger partial charge in [0.25, 0.3) is 0 Å². The molecule has 0 aromatic carbocycles.